The highest BCUT2D eigenvalue weighted by Crippen LogP contribution is 2.25. The quantitative estimate of drug-likeness (QED) is 0.568. The molecule has 2 aromatic rings. The van der Waals surface area contributed by atoms with Gasteiger partial charge in [0, 0.05) is 29.7 Å². The van der Waals surface area contributed by atoms with E-state index in [2.05, 4.69) is 0 Å². The van der Waals surface area contributed by atoms with E-state index < -0.39 is 4.92 Å². The molecule has 26 heavy (non-hydrogen) atoms. The van der Waals surface area contributed by atoms with Crippen LogP contribution in [0.25, 0.3) is 0 Å². The lowest BCUT2D eigenvalue weighted by Gasteiger charge is -2.25. The molecule has 0 radical (unpaired) electrons. The average molecular weight is 375 g/mol. The van der Waals surface area contributed by atoms with Gasteiger partial charge in [0.25, 0.3) is 11.6 Å². The number of benzene rings is 2. The minimum Gasteiger partial charge on any atom is -0.484 e. The molecule has 0 aliphatic carbocycles. The lowest BCUT2D eigenvalue weighted by Crippen LogP contribution is -2.39. The molecule has 1 aliphatic rings. The number of carbonyl (C=O) groups is 1. The number of likely N-dealkylation sites (tertiary alicyclic amines) is 1. The maximum absolute atomic E-state index is 12.5. The van der Waals surface area contributed by atoms with Crippen molar-refractivity contribution < 1.29 is 14.5 Å². The molecular formula is C19H19ClN2O4. The SMILES string of the molecule is O=C(COc1ccc([N+](=O)[O-])cc1)N1CCCC1Cc1ccccc1Cl. The molecule has 7 heteroatoms. The van der Waals surface area contributed by atoms with E-state index in [-0.39, 0.29) is 24.2 Å². The van der Waals surface area contributed by atoms with E-state index in [0.717, 1.165) is 24.8 Å². The Morgan fingerprint density at radius 1 is 1.23 bits per heavy atom. The Labute approximate surface area is 156 Å². The van der Waals surface area contributed by atoms with E-state index in [4.69, 9.17) is 16.3 Å². The molecule has 1 saturated heterocycles. The third-order valence-corrected chi connectivity index (χ3v) is 4.89. The molecule has 2 aromatic carbocycles. The number of nitrogens with zero attached hydrogens (tertiary/aromatic N) is 2. The number of nitro groups is 1. The molecule has 0 aromatic heterocycles. The minimum atomic E-state index is -0.474. The molecular weight excluding hydrogens is 356 g/mol. The van der Waals surface area contributed by atoms with Gasteiger partial charge in [0.15, 0.2) is 6.61 Å². The largest absolute Gasteiger partial charge is 0.484 e. The highest BCUT2D eigenvalue weighted by molar-refractivity contribution is 6.31. The van der Waals surface area contributed by atoms with Crippen molar-refractivity contribution in [1.29, 1.82) is 0 Å². The first-order valence-electron chi connectivity index (χ1n) is 8.45. The third-order valence-electron chi connectivity index (χ3n) is 4.52. The monoisotopic (exact) mass is 374 g/mol. The smallest absolute Gasteiger partial charge is 0.269 e. The van der Waals surface area contributed by atoms with E-state index >= 15 is 0 Å². The van der Waals surface area contributed by atoms with Crippen molar-refractivity contribution in [3.63, 3.8) is 0 Å². The van der Waals surface area contributed by atoms with E-state index in [0.29, 0.717) is 17.3 Å². The molecule has 1 atom stereocenters. The zero-order chi connectivity index (χ0) is 18.5. The molecule has 6 nitrogen and oxygen atoms in total. The van der Waals surface area contributed by atoms with Crippen LogP contribution in [0.2, 0.25) is 5.02 Å². The van der Waals surface area contributed by atoms with Gasteiger partial charge in [0.1, 0.15) is 5.75 Å². The fraction of sp³-hybridized carbons (Fsp3) is 0.316. The summed E-state index contributed by atoms with van der Waals surface area (Å²) in [6.07, 6.45) is 2.62. The van der Waals surface area contributed by atoms with Crippen LogP contribution >= 0.6 is 11.6 Å². The van der Waals surface area contributed by atoms with Gasteiger partial charge in [-0.2, -0.15) is 0 Å². The van der Waals surface area contributed by atoms with Crippen molar-refractivity contribution in [3.8, 4) is 5.75 Å². The number of halogens is 1. The second-order valence-electron chi connectivity index (χ2n) is 6.22. The number of carbonyl (C=O) groups excluding carboxylic acids is 1. The lowest BCUT2D eigenvalue weighted by atomic mass is 10.0. The second-order valence-corrected chi connectivity index (χ2v) is 6.63. The van der Waals surface area contributed by atoms with Crippen LogP contribution in [0.3, 0.4) is 0 Å². The van der Waals surface area contributed by atoms with Crippen LogP contribution in [0, 0.1) is 10.1 Å². The number of nitro benzene ring substituents is 1. The number of ether oxygens (including phenoxy) is 1. The van der Waals surface area contributed by atoms with Crippen LogP contribution in [0.5, 0.6) is 5.75 Å². The zero-order valence-corrected chi connectivity index (χ0v) is 14.9. The number of hydrogen-bond donors (Lipinski definition) is 0. The van der Waals surface area contributed by atoms with Gasteiger partial charge in [-0.1, -0.05) is 29.8 Å². The predicted octanol–water partition coefficient (Wildman–Crippen LogP) is 3.86. The van der Waals surface area contributed by atoms with Gasteiger partial charge < -0.3 is 9.64 Å². The standard InChI is InChI=1S/C19H19ClN2O4/c20-18-6-2-1-4-14(18)12-16-5-3-11-21(16)19(23)13-26-17-9-7-15(8-10-17)22(24)25/h1-2,4,6-10,16H,3,5,11-13H2. The average Bonchev–Trinajstić information content (AvgIpc) is 3.10. The van der Waals surface area contributed by atoms with Gasteiger partial charge in [-0.15, -0.1) is 0 Å². The van der Waals surface area contributed by atoms with Gasteiger partial charge in [-0.25, -0.2) is 0 Å². The van der Waals surface area contributed by atoms with E-state index in [1.807, 2.05) is 29.2 Å². The van der Waals surface area contributed by atoms with Crippen LogP contribution in [-0.2, 0) is 11.2 Å². The maximum atomic E-state index is 12.5. The van der Waals surface area contributed by atoms with Crippen LogP contribution in [0.15, 0.2) is 48.5 Å². The summed E-state index contributed by atoms with van der Waals surface area (Å²) in [5.41, 5.74) is 1.03. The first-order chi connectivity index (χ1) is 12.5. The van der Waals surface area contributed by atoms with Crippen LogP contribution in [-0.4, -0.2) is 34.9 Å². The van der Waals surface area contributed by atoms with Crippen LogP contribution in [0.4, 0.5) is 5.69 Å². The van der Waals surface area contributed by atoms with E-state index in [1.54, 1.807) is 0 Å². The number of rotatable bonds is 6. The molecule has 3 rings (SSSR count). The first-order valence-corrected chi connectivity index (χ1v) is 8.82. The number of non-ortho nitro benzene ring substituents is 1. The Balaban J connectivity index is 1.58. The van der Waals surface area contributed by atoms with E-state index in [1.165, 1.54) is 24.3 Å². The molecule has 1 amide bonds. The van der Waals surface area contributed by atoms with Gasteiger partial charge in [-0.05, 0) is 43.0 Å². The Morgan fingerprint density at radius 2 is 1.96 bits per heavy atom. The topological polar surface area (TPSA) is 72.7 Å². The van der Waals surface area contributed by atoms with Crippen molar-refractivity contribution in [2.24, 2.45) is 0 Å². The van der Waals surface area contributed by atoms with Crippen molar-refractivity contribution in [3.05, 3.63) is 69.2 Å². The summed E-state index contributed by atoms with van der Waals surface area (Å²) in [7, 11) is 0. The zero-order valence-electron chi connectivity index (χ0n) is 14.1. The lowest BCUT2D eigenvalue weighted by molar-refractivity contribution is -0.384. The van der Waals surface area contributed by atoms with Crippen LogP contribution < -0.4 is 4.74 Å². The third kappa shape index (κ3) is 4.32. The summed E-state index contributed by atoms with van der Waals surface area (Å²) in [6.45, 7) is 0.619. The van der Waals surface area contributed by atoms with Gasteiger partial charge in [0.2, 0.25) is 0 Å². The fourth-order valence-corrected chi connectivity index (χ4v) is 3.40. The molecule has 1 fully saturated rings. The Morgan fingerprint density at radius 3 is 2.65 bits per heavy atom. The molecule has 1 unspecified atom stereocenters. The molecule has 0 spiro atoms. The Kier molecular flexibility index (Phi) is 5.73. The molecule has 0 bridgehead atoms. The summed E-state index contributed by atoms with van der Waals surface area (Å²) < 4.78 is 5.50. The van der Waals surface area contributed by atoms with Gasteiger partial charge in [0.05, 0.1) is 4.92 Å². The Bertz CT molecular complexity index is 794. The van der Waals surface area contributed by atoms with Crippen molar-refractivity contribution in [2.75, 3.05) is 13.2 Å². The maximum Gasteiger partial charge on any atom is 0.269 e. The molecule has 0 N–H and O–H groups in total. The minimum absolute atomic E-state index is 0.0111. The van der Waals surface area contributed by atoms with Crippen molar-refractivity contribution in [2.45, 2.75) is 25.3 Å². The number of hydrogen-bond acceptors (Lipinski definition) is 4. The molecule has 0 saturated carbocycles. The normalized spacial score (nSPS) is 16.5. The van der Waals surface area contributed by atoms with Crippen LogP contribution in [0.1, 0.15) is 18.4 Å². The molecule has 136 valence electrons. The summed E-state index contributed by atoms with van der Waals surface area (Å²) >= 11 is 6.23. The summed E-state index contributed by atoms with van der Waals surface area (Å²) in [6, 6.07) is 13.5. The second kappa shape index (κ2) is 8.19. The van der Waals surface area contributed by atoms with Gasteiger partial charge >= 0.3 is 0 Å². The van der Waals surface area contributed by atoms with Gasteiger partial charge in [-0.3, -0.25) is 14.9 Å². The summed E-state index contributed by atoms with van der Waals surface area (Å²) in [4.78, 5) is 24.6. The Hall–Kier alpha value is -2.60. The molecule has 1 aliphatic heterocycles. The number of amides is 1. The first kappa shape index (κ1) is 18.2. The summed E-state index contributed by atoms with van der Waals surface area (Å²) in [5, 5.41) is 11.4. The highest BCUT2D eigenvalue weighted by atomic mass is 35.5. The predicted molar refractivity (Wildman–Crippen MR) is 98.5 cm³/mol. The van der Waals surface area contributed by atoms with E-state index in [9.17, 15) is 14.9 Å². The summed E-state index contributed by atoms with van der Waals surface area (Å²) in [5.74, 6) is 0.351. The molecule has 1 heterocycles. The van der Waals surface area contributed by atoms with Crippen molar-refractivity contribution >= 4 is 23.2 Å². The van der Waals surface area contributed by atoms with Crippen molar-refractivity contribution in [1.82, 2.24) is 4.90 Å². The fourth-order valence-electron chi connectivity index (χ4n) is 3.19. The highest BCUT2D eigenvalue weighted by Gasteiger charge is 2.29.